The third kappa shape index (κ3) is 4.83. The van der Waals surface area contributed by atoms with E-state index in [1.165, 1.54) is 16.7 Å². The molecule has 2 aliphatic heterocycles. The largest absolute Gasteiger partial charge is 0.497 e. The first-order chi connectivity index (χ1) is 21.4. The molecule has 0 bridgehead atoms. The minimum absolute atomic E-state index is 0.271. The number of methoxy groups -OCH3 is 1. The summed E-state index contributed by atoms with van der Waals surface area (Å²) in [5, 5.41) is 4.65. The summed E-state index contributed by atoms with van der Waals surface area (Å²) in [4.78, 5) is 57.8. The molecule has 1 saturated heterocycles. The van der Waals surface area contributed by atoms with Crippen molar-refractivity contribution in [3.63, 3.8) is 0 Å². The zero-order valence-electron chi connectivity index (χ0n) is 23.3. The number of hydrogen-bond acceptors (Lipinski definition) is 8. The summed E-state index contributed by atoms with van der Waals surface area (Å²) in [6.07, 6.45) is 0. The summed E-state index contributed by atoms with van der Waals surface area (Å²) < 4.78 is 11.3. The van der Waals surface area contributed by atoms with Crippen LogP contribution >= 0.6 is 23.1 Å². The van der Waals surface area contributed by atoms with Crippen molar-refractivity contribution in [2.45, 2.75) is 16.2 Å². The van der Waals surface area contributed by atoms with Gasteiger partial charge in [-0.15, -0.1) is 0 Å². The van der Waals surface area contributed by atoms with Crippen molar-refractivity contribution < 1.29 is 23.9 Å². The quantitative estimate of drug-likeness (QED) is 0.233. The van der Waals surface area contributed by atoms with E-state index >= 15 is 0 Å². The molecule has 11 heteroatoms. The maximum Gasteiger partial charge on any atom is 0.305 e. The van der Waals surface area contributed by atoms with E-state index in [4.69, 9.17) is 9.47 Å². The number of aromatic amines is 1. The van der Waals surface area contributed by atoms with Gasteiger partial charge in [-0.2, -0.15) is 0 Å². The van der Waals surface area contributed by atoms with E-state index in [2.05, 4.69) is 10.3 Å². The number of anilines is 2. The van der Waals surface area contributed by atoms with Gasteiger partial charge >= 0.3 is 4.87 Å². The molecule has 44 heavy (non-hydrogen) atoms. The molecule has 0 saturated carbocycles. The Hall–Kier alpha value is -4.87. The SMILES string of the molecule is COc1ccc(N2C(=O)C3Sc4[nH]c(=O)sc4C(c4ccccc4OCC(=O)Nc4cccc5ccccc45)C3C2=O)cc1. The maximum absolute atomic E-state index is 14.1. The number of nitrogens with zero attached hydrogens (tertiary/aromatic N) is 1. The van der Waals surface area contributed by atoms with Crippen molar-refractivity contribution >= 4 is 63.0 Å². The van der Waals surface area contributed by atoms with Crippen molar-refractivity contribution in [2.24, 2.45) is 5.92 Å². The van der Waals surface area contributed by atoms with Crippen LogP contribution in [0.15, 0.2) is 101 Å². The van der Waals surface area contributed by atoms with Crippen LogP contribution < -0.4 is 24.6 Å². The van der Waals surface area contributed by atoms with E-state index in [0.717, 1.165) is 22.1 Å². The second-order valence-electron chi connectivity index (χ2n) is 10.4. The average molecular weight is 624 g/mol. The van der Waals surface area contributed by atoms with Crippen LogP contribution in [0, 0.1) is 5.92 Å². The zero-order chi connectivity index (χ0) is 30.4. The smallest absolute Gasteiger partial charge is 0.305 e. The second kappa shape index (κ2) is 11.3. The molecule has 1 fully saturated rings. The average Bonchev–Trinajstić information content (AvgIpc) is 3.54. The summed E-state index contributed by atoms with van der Waals surface area (Å²) >= 11 is 2.22. The Morgan fingerprint density at radius 1 is 0.909 bits per heavy atom. The van der Waals surface area contributed by atoms with Gasteiger partial charge in [0.2, 0.25) is 11.8 Å². The highest BCUT2D eigenvalue weighted by Crippen LogP contribution is 2.54. The van der Waals surface area contributed by atoms with Crippen molar-refractivity contribution in [2.75, 3.05) is 23.9 Å². The lowest BCUT2D eigenvalue weighted by Crippen LogP contribution is -2.32. The molecule has 5 aromatic rings. The number of fused-ring (bicyclic) bond motifs is 3. The van der Waals surface area contributed by atoms with Gasteiger partial charge in [0.25, 0.3) is 5.91 Å². The number of benzene rings is 4. The van der Waals surface area contributed by atoms with E-state index in [1.807, 2.05) is 54.6 Å². The first kappa shape index (κ1) is 27.9. The molecule has 2 N–H and O–H groups in total. The highest BCUT2D eigenvalue weighted by molar-refractivity contribution is 8.00. The van der Waals surface area contributed by atoms with Crippen molar-refractivity contribution in [1.29, 1.82) is 0 Å². The van der Waals surface area contributed by atoms with Crippen LogP contribution in [0.4, 0.5) is 11.4 Å². The number of para-hydroxylation sites is 1. The first-order valence-corrected chi connectivity index (χ1v) is 15.5. The molecule has 1 aromatic heterocycles. The Morgan fingerprint density at radius 3 is 2.48 bits per heavy atom. The van der Waals surface area contributed by atoms with Gasteiger partial charge in [0.1, 0.15) is 16.7 Å². The predicted molar refractivity (Wildman–Crippen MR) is 170 cm³/mol. The fraction of sp³-hybridized carbons (Fsp3) is 0.152. The number of H-pyrrole nitrogens is 1. The number of aromatic nitrogens is 1. The summed E-state index contributed by atoms with van der Waals surface area (Å²) in [7, 11) is 1.54. The highest BCUT2D eigenvalue weighted by Gasteiger charge is 2.56. The number of carbonyl (C=O) groups is 3. The summed E-state index contributed by atoms with van der Waals surface area (Å²) in [6.45, 7) is -0.281. The Labute approximate surface area is 259 Å². The van der Waals surface area contributed by atoms with Crippen LogP contribution in [0.3, 0.4) is 0 Å². The fourth-order valence-electron chi connectivity index (χ4n) is 5.87. The molecule has 4 aromatic carbocycles. The number of nitrogens with one attached hydrogen (secondary N) is 2. The third-order valence-corrected chi connectivity index (χ3v) is 10.2. The van der Waals surface area contributed by atoms with E-state index in [-0.39, 0.29) is 29.2 Å². The lowest BCUT2D eigenvalue weighted by molar-refractivity contribution is -0.122. The number of rotatable bonds is 7. The molecule has 0 spiro atoms. The van der Waals surface area contributed by atoms with Crippen LogP contribution in [-0.4, -0.2) is 41.7 Å². The Balaban J connectivity index is 1.20. The Kier molecular flexibility index (Phi) is 7.19. The topological polar surface area (TPSA) is 118 Å². The monoisotopic (exact) mass is 623 g/mol. The van der Waals surface area contributed by atoms with E-state index < -0.39 is 17.1 Å². The summed E-state index contributed by atoms with van der Waals surface area (Å²) in [5.41, 5.74) is 1.74. The number of hydrogen-bond donors (Lipinski definition) is 2. The minimum atomic E-state index is -0.789. The molecule has 0 aliphatic carbocycles. The Bertz CT molecular complexity index is 1980. The summed E-state index contributed by atoms with van der Waals surface area (Å²) in [6, 6.07) is 27.3. The molecule has 3 amide bonds. The van der Waals surface area contributed by atoms with E-state index in [1.54, 1.807) is 43.5 Å². The molecule has 220 valence electrons. The number of thiazole rings is 1. The van der Waals surface area contributed by atoms with E-state index in [9.17, 15) is 19.2 Å². The van der Waals surface area contributed by atoms with Gasteiger partial charge in [0.15, 0.2) is 6.61 Å². The summed E-state index contributed by atoms with van der Waals surface area (Å²) in [5.74, 6) is -1.50. The van der Waals surface area contributed by atoms with E-state index in [0.29, 0.717) is 38.3 Å². The van der Waals surface area contributed by atoms with Crippen molar-refractivity contribution in [1.82, 2.24) is 4.98 Å². The number of thioether (sulfide) groups is 1. The Morgan fingerprint density at radius 2 is 1.66 bits per heavy atom. The van der Waals surface area contributed by atoms with Gasteiger partial charge in [0, 0.05) is 27.4 Å². The maximum atomic E-state index is 14.1. The second-order valence-corrected chi connectivity index (χ2v) is 12.5. The molecular formula is C33H25N3O6S2. The van der Waals surface area contributed by atoms with Crippen molar-refractivity contribution in [3.8, 4) is 11.5 Å². The third-order valence-electron chi connectivity index (χ3n) is 7.83. The van der Waals surface area contributed by atoms with Gasteiger partial charge in [-0.3, -0.25) is 19.2 Å². The number of imide groups is 1. The van der Waals surface area contributed by atoms with Gasteiger partial charge in [0.05, 0.1) is 23.7 Å². The molecule has 3 atom stereocenters. The van der Waals surface area contributed by atoms with Gasteiger partial charge in [-0.25, -0.2) is 4.90 Å². The molecular weight excluding hydrogens is 599 g/mol. The number of amides is 3. The zero-order valence-corrected chi connectivity index (χ0v) is 24.9. The first-order valence-electron chi connectivity index (χ1n) is 13.8. The lowest BCUT2D eigenvalue weighted by atomic mass is 9.82. The standard InChI is InChI=1S/C33H25N3O6S2/c1-41-20-15-13-19(14-16-20)36-31(38)27-26(28-30(35-33(40)44-28)43-29(27)32(36)39)22-10-4-5-12-24(22)42-17-25(37)34-23-11-6-8-18-7-2-3-9-21(18)23/h2-16,26-27,29H,17H2,1H3,(H,34,37)(H,35,40). The van der Waals surface area contributed by atoms with Crippen LogP contribution in [0.5, 0.6) is 11.5 Å². The van der Waals surface area contributed by atoms with Gasteiger partial charge in [-0.05, 0) is 41.8 Å². The number of carbonyl (C=O) groups excluding carboxylic acids is 3. The van der Waals surface area contributed by atoms with Crippen LogP contribution in [0.25, 0.3) is 10.8 Å². The van der Waals surface area contributed by atoms with Crippen LogP contribution in [0.1, 0.15) is 16.4 Å². The normalized spacial score (nSPS) is 19.0. The molecule has 2 aliphatic rings. The van der Waals surface area contributed by atoms with Crippen LogP contribution in [-0.2, 0) is 14.4 Å². The fourth-order valence-corrected chi connectivity index (χ4v) is 8.38. The molecule has 9 nitrogen and oxygen atoms in total. The van der Waals surface area contributed by atoms with Gasteiger partial charge in [-0.1, -0.05) is 77.7 Å². The van der Waals surface area contributed by atoms with Crippen LogP contribution in [0.2, 0.25) is 0 Å². The molecule has 0 radical (unpaired) electrons. The molecule has 7 rings (SSSR count). The highest BCUT2D eigenvalue weighted by atomic mass is 32.2. The molecule has 3 heterocycles. The number of ether oxygens (including phenoxy) is 2. The molecule has 3 unspecified atom stereocenters. The lowest BCUT2D eigenvalue weighted by Gasteiger charge is -2.30. The van der Waals surface area contributed by atoms with Gasteiger partial charge < -0.3 is 19.8 Å². The van der Waals surface area contributed by atoms with Crippen molar-refractivity contribution in [3.05, 3.63) is 111 Å². The predicted octanol–water partition coefficient (Wildman–Crippen LogP) is 5.41. The minimum Gasteiger partial charge on any atom is -0.497 e.